The summed E-state index contributed by atoms with van der Waals surface area (Å²) in [6, 6.07) is 6.82. The van der Waals surface area contributed by atoms with Crippen LogP contribution in [0.3, 0.4) is 0 Å². The average molecular weight is 310 g/mol. The molecule has 1 unspecified atom stereocenters. The minimum Gasteiger partial charge on any atom is -0.465 e. The Bertz CT molecular complexity index is 453. The fraction of sp³-hybridized carbons (Fsp3) is 0.588. The van der Waals surface area contributed by atoms with Crippen LogP contribution in [0.2, 0.25) is 0 Å². The summed E-state index contributed by atoms with van der Waals surface area (Å²) < 4.78 is 16.0. The highest BCUT2D eigenvalue weighted by Crippen LogP contribution is 2.19. The van der Waals surface area contributed by atoms with Crippen LogP contribution >= 0.6 is 0 Å². The monoisotopic (exact) mass is 310 g/mol. The molecule has 0 radical (unpaired) electrons. The van der Waals surface area contributed by atoms with Gasteiger partial charge in [-0.05, 0) is 38.0 Å². The molecule has 0 aliphatic carbocycles. The highest BCUT2D eigenvalue weighted by molar-refractivity contribution is 5.89. The largest absolute Gasteiger partial charge is 0.465 e. The van der Waals surface area contributed by atoms with Gasteiger partial charge in [0.1, 0.15) is 6.10 Å². The number of benzene rings is 1. The molecule has 0 aliphatic heterocycles. The molecule has 0 saturated carbocycles. The summed E-state index contributed by atoms with van der Waals surface area (Å²) in [6.07, 6.45) is 0.492. The van der Waals surface area contributed by atoms with E-state index in [0.29, 0.717) is 18.8 Å². The van der Waals surface area contributed by atoms with Gasteiger partial charge in [-0.2, -0.15) is 0 Å². The summed E-state index contributed by atoms with van der Waals surface area (Å²) in [5.74, 6) is -0.386. The molecule has 1 rings (SSSR count). The number of hydrogen-bond acceptors (Lipinski definition) is 5. The summed E-state index contributed by atoms with van der Waals surface area (Å²) in [7, 11) is 1.34. The Kier molecular flexibility index (Phi) is 7.51. The van der Waals surface area contributed by atoms with E-state index in [1.165, 1.54) is 7.11 Å². The van der Waals surface area contributed by atoms with Gasteiger partial charge in [-0.1, -0.05) is 19.1 Å². The van der Waals surface area contributed by atoms with E-state index in [2.05, 4.69) is 11.7 Å². The van der Waals surface area contributed by atoms with Crippen LogP contribution in [-0.4, -0.2) is 43.6 Å². The van der Waals surface area contributed by atoms with Crippen molar-refractivity contribution in [2.24, 2.45) is 0 Å². The third-order valence-electron chi connectivity index (χ3n) is 3.62. The minimum atomic E-state index is -0.431. The summed E-state index contributed by atoms with van der Waals surface area (Å²) in [6.45, 7) is 6.87. The molecule has 1 aromatic rings. The maximum Gasteiger partial charge on any atom is 0.337 e. The van der Waals surface area contributed by atoms with E-state index < -0.39 is 6.10 Å². The molecular weight excluding hydrogens is 284 g/mol. The van der Waals surface area contributed by atoms with Crippen LogP contribution in [0.15, 0.2) is 24.3 Å². The lowest BCUT2D eigenvalue weighted by atomic mass is 10.1. The fourth-order valence-electron chi connectivity index (χ4n) is 1.82. The maximum absolute atomic E-state index is 11.4. The fourth-order valence-corrected chi connectivity index (χ4v) is 1.82. The molecule has 0 fully saturated rings. The van der Waals surface area contributed by atoms with Gasteiger partial charge < -0.3 is 19.3 Å². The van der Waals surface area contributed by atoms with Crippen molar-refractivity contribution in [3.05, 3.63) is 35.4 Å². The number of ether oxygens (including phenoxy) is 3. The van der Waals surface area contributed by atoms with Crippen molar-refractivity contribution < 1.29 is 24.1 Å². The number of aliphatic hydroxyl groups excluding tert-OH is 1. The molecule has 5 heteroatoms. The van der Waals surface area contributed by atoms with Gasteiger partial charge in [0.25, 0.3) is 0 Å². The van der Waals surface area contributed by atoms with Crippen molar-refractivity contribution in [3.8, 4) is 0 Å². The standard InChI is InChI=1S/C17H26O5/c1-5-17(2,3)22-11-10-21-15(12-18)13-6-8-14(9-7-13)16(19)20-4/h6-9,15,18H,5,10-12H2,1-4H3. The van der Waals surface area contributed by atoms with Gasteiger partial charge in [0.2, 0.25) is 0 Å². The predicted molar refractivity (Wildman–Crippen MR) is 83.9 cm³/mol. The van der Waals surface area contributed by atoms with E-state index in [4.69, 9.17) is 9.47 Å². The molecule has 1 aromatic carbocycles. The molecule has 22 heavy (non-hydrogen) atoms. The molecule has 1 N–H and O–H groups in total. The van der Waals surface area contributed by atoms with Crippen LogP contribution in [0, 0.1) is 0 Å². The van der Waals surface area contributed by atoms with Crippen LogP contribution in [-0.2, 0) is 14.2 Å². The highest BCUT2D eigenvalue weighted by atomic mass is 16.5. The van der Waals surface area contributed by atoms with Crippen molar-refractivity contribution in [2.45, 2.75) is 38.9 Å². The third kappa shape index (κ3) is 5.75. The summed E-state index contributed by atoms with van der Waals surface area (Å²) in [5, 5.41) is 9.45. The molecule has 0 aliphatic rings. The van der Waals surface area contributed by atoms with Crippen LogP contribution in [0.4, 0.5) is 0 Å². The number of rotatable bonds is 9. The van der Waals surface area contributed by atoms with Gasteiger partial charge in [0.05, 0.1) is 38.1 Å². The number of aliphatic hydroxyl groups is 1. The maximum atomic E-state index is 11.4. The molecular formula is C17H26O5. The molecule has 0 saturated heterocycles. The van der Waals surface area contributed by atoms with Crippen LogP contribution in [0.25, 0.3) is 0 Å². The normalized spacial score (nSPS) is 13.0. The lowest BCUT2D eigenvalue weighted by Gasteiger charge is -2.24. The zero-order valence-electron chi connectivity index (χ0n) is 13.8. The molecule has 0 spiro atoms. The van der Waals surface area contributed by atoms with E-state index in [1.54, 1.807) is 24.3 Å². The lowest BCUT2D eigenvalue weighted by Crippen LogP contribution is -2.25. The van der Waals surface area contributed by atoms with Crippen molar-refractivity contribution >= 4 is 5.97 Å². The van der Waals surface area contributed by atoms with E-state index in [0.717, 1.165) is 12.0 Å². The van der Waals surface area contributed by atoms with E-state index in [1.807, 2.05) is 13.8 Å². The van der Waals surface area contributed by atoms with Gasteiger partial charge in [0.15, 0.2) is 0 Å². The first-order valence-electron chi connectivity index (χ1n) is 7.48. The number of methoxy groups -OCH3 is 1. The highest BCUT2D eigenvalue weighted by Gasteiger charge is 2.16. The quantitative estimate of drug-likeness (QED) is 0.561. The first kappa shape index (κ1) is 18.6. The van der Waals surface area contributed by atoms with Crippen molar-refractivity contribution in [2.75, 3.05) is 26.9 Å². The second-order valence-electron chi connectivity index (χ2n) is 5.62. The zero-order valence-corrected chi connectivity index (χ0v) is 13.8. The summed E-state index contributed by atoms with van der Waals surface area (Å²) >= 11 is 0. The summed E-state index contributed by atoms with van der Waals surface area (Å²) in [4.78, 5) is 11.4. The van der Waals surface area contributed by atoms with Gasteiger partial charge in [-0.15, -0.1) is 0 Å². The second-order valence-corrected chi connectivity index (χ2v) is 5.62. The van der Waals surface area contributed by atoms with Crippen LogP contribution in [0.5, 0.6) is 0 Å². The van der Waals surface area contributed by atoms with Crippen LogP contribution in [0.1, 0.15) is 49.2 Å². The number of hydrogen-bond donors (Lipinski definition) is 1. The van der Waals surface area contributed by atoms with Crippen LogP contribution < -0.4 is 0 Å². The molecule has 0 heterocycles. The Hall–Kier alpha value is -1.43. The number of esters is 1. The molecule has 124 valence electrons. The smallest absolute Gasteiger partial charge is 0.337 e. The molecule has 5 nitrogen and oxygen atoms in total. The lowest BCUT2D eigenvalue weighted by molar-refractivity contribution is -0.0704. The summed E-state index contributed by atoms with van der Waals surface area (Å²) in [5.41, 5.74) is 1.11. The Morgan fingerprint density at radius 2 is 1.86 bits per heavy atom. The Balaban J connectivity index is 2.52. The Labute approximate surface area is 132 Å². The van der Waals surface area contributed by atoms with E-state index in [-0.39, 0.29) is 18.2 Å². The molecule has 0 amide bonds. The number of carbonyl (C=O) groups excluding carboxylic acids is 1. The molecule has 0 bridgehead atoms. The van der Waals surface area contributed by atoms with E-state index in [9.17, 15) is 9.90 Å². The molecule has 0 aromatic heterocycles. The van der Waals surface area contributed by atoms with Gasteiger partial charge >= 0.3 is 5.97 Å². The number of carbonyl (C=O) groups is 1. The van der Waals surface area contributed by atoms with E-state index >= 15 is 0 Å². The van der Waals surface area contributed by atoms with Gasteiger partial charge in [-0.25, -0.2) is 4.79 Å². The minimum absolute atomic E-state index is 0.130. The topological polar surface area (TPSA) is 65.0 Å². The third-order valence-corrected chi connectivity index (χ3v) is 3.62. The Morgan fingerprint density at radius 1 is 1.23 bits per heavy atom. The van der Waals surface area contributed by atoms with Gasteiger partial charge in [0, 0.05) is 0 Å². The van der Waals surface area contributed by atoms with Crippen molar-refractivity contribution in [1.29, 1.82) is 0 Å². The molecule has 1 atom stereocenters. The first-order chi connectivity index (χ1) is 10.4. The Morgan fingerprint density at radius 3 is 2.36 bits per heavy atom. The SMILES string of the molecule is CCC(C)(C)OCCOC(CO)c1ccc(C(=O)OC)cc1. The predicted octanol–water partition coefficient (Wildman–Crippen LogP) is 2.73. The average Bonchev–Trinajstić information content (AvgIpc) is 2.54. The zero-order chi connectivity index (χ0) is 16.6. The first-order valence-corrected chi connectivity index (χ1v) is 7.48. The van der Waals surface area contributed by atoms with Crippen molar-refractivity contribution in [1.82, 2.24) is 0 Å². The van der Waals surface area contributed by atoms with Gasteiger partial charge in [-0.3, -0.25) is 0 Å². The van der Waals surface area contributed by atoms with Crippen molar-refractivity contribution in [3.63, 3.8) is 0 Å². The second kappa shape index (κ2) is 8.88.